The zero-order chi connectivity index (χ0) is 19.8. The third-order valence-corrected chi connectivity index (χ3v) is 3.73. The maximum atomic E-state index is 12.9. The van der Waals surface area contributed by atoms with Crippen LogP contribution in [0.3, 0.4) is 0 Å². The molecule has 1 heterocycles. The summed E-state index contributed by atoms with van der Waals surface area (Å²) in [4.78, 5) is 9.00. The molecule has 6 heteroatoms. The normalized spacial score (nSPS) is 12.2. The molecule has 151 valence electrons. The molecule has 3 aromatic rings. The molecule has 0 saturated carbocycles. The van der Waals surface area contributed by atoms with Crippen molar-refractivity contribution in [2.75, 3.05) is 0 Å². The standard InChI is InChI=1S/C17H12FN2.C5H12O2.Ir/c1-12-17(14-5-3-2-4-6-14)19-11-16(20-12)13-7-9-15(18)10-8-13;1-4(6)3-5(2)7;/h2-5,7-11H,1H3;4-7H,3H2,1-2H3;/q-1;;. The van der Waals surface area contributed by atoms with Crippen LogP contribution in [0.4, 0.5) is 4.39 Å². The quantitative estimate of drug-likeness (QED) is 0.471. The third-order valence-electron chi connectivity index (χ3n) is 3.73. The predicted octanol–water partition coefficient (Wildman–Crippen LogP) is 4.19. The number of hydrogen-bond donors (Lipinski definition) is 2. The Morgan fingerprint density at radius 3 is 2.14 bits per heavy atom. The summed E-state index contributed by atoms with van der Waals surface area (Å²) in [6.45, 7) is 5.23. The van der Waals surface area contributed by atoms with Crippen molar-refractivity contribution in [3.63, 3.8) is 0 Å². The molecule has 2 unspecified atom stereocenters. The number of aliphatic hydroxyl groups is 2. The number of rotatable bonds is 4. The van der Waals surface area contributed by atoms with Gasteiger partial charge in [0.05, 0.1) is 17.9 Å². The first-order valence-electron chi connectivity index (χ1n) is 8.79. The zero-order valence-electron chi connectivity index (χ0n) is 16.1. The van der Waals surface area contributed by atoms with Crippen LogP contribution in [0.5, 0.6) is 0 Å². The Morgan fingerprint density at radius 1 is 1.04 bits per heavy atom. The molecule has 28 heavy (non-hydrogen) atoms. The molecule has 1 radical (unpaired) electrons. The van der Waals surface area contributed by atoms with E-state index in [1.54, 1.807) is 32.2 Å². The van der Waals surface area contributed by atoms with Crippen molar-refractivity contribution in [1.29, 1.82) is 0 Å². The molecule has 2 atom stereocenters. The van der Waals surface area contributed by atoms with Crippen LogP contribution in [0.25, 0.3) is 22.5 Å². The second-order valence-corrected chi connectivity index (χ2v) is 6.41. The molecule has 0 spiro atoms. The molecule has 0 aliphatic rings. The first kappa shape index (κ1) is 24.1. The molecule has 3 rings (SSSR count). The van der Waals surface area contributed by atoms with E-state index in [1.165, 1.54) is 12.1 Å². The monoisotopic (exact) mass is 560 g/mol. The van der Waals surface area contributed by atoms with Crippen LogP contribution in [-0.2, 0) is 20.1 Å². The summed E-state index contributed by atoms with van der Waals surface area (Å²) in [6, 6.07) is 17.1. The Hall–Kier alpha value is -1.98. The molecule has 0 amide bonds. The van der Waals surface area contributed by atoms with Gasteiger partial charge in [-0.25, -0.2) is 4.39 Å². The second kappa shape index (κ2) is 11.8. The topological polar surface area (TPSA) is 66.2 Å². The van der Waals surface area contributed by atoms with Crippen molar-refractivity contribution in [2.24, 2.45) is 0 Å². The van der Waals surface area contributed by atoms with E-state index < -0.39 is 0 Å². The molecule has 0 fully saturated rings. The van der Waals surface area contributed by atoms with Gasteiger partial charge in [-0.1, -0.05) is 0 Å². The number of aryl methyl sites for hydroxylation is 1. The Kier molecular flexibility index (Phi) is 10.1. The van der Waals surface area contributed by atoms with Crippen LogP contribution in [-0.4, -0.2) is 32.4 Å². The number of benzene rings is 2. The SMILES string of the molecule is CC(O)CC(C)O.Cc1nc(-c2ccc(F)cc2)cnc1-c1[c-]cccc1.[Ir]. The van der Waals surface area contributed by atoms with Gasteiger partial charge >= 0.3 is 0 Å². The maximum Gasteiger partial charge on any atom is 0.123 e. The Bertz CT molecular complexity index is 835. The van der Waals surface area contributed by atoms with E-state index in [0.29, 0.717) is 6.42 Å². The Morgan fingerprint density at radius 2 is 1.68 bits per heavy atom. The van der Waals surface area contributed by atoms with Crippen LogP contribution in [0.2, 0.25) is 0 Å². The first-order valence-corrected chi connectivity index (χ1v) is 8.79. The van der Waals surface area contributed by atoms with Gasteiger partial charge in [0.1, 0.15) is 5.82 Å². The van der Waals surface area contributed by atoms with Crippen molar-refractivity contribution in [1.82, 2.24) is 9.97 Å². The second-order valence-electron chi connectivity index (χ2n) is 6.41. The molecular formula is C22H24FIrN2O2-. The molecule has 2 aromatic carbocycles. The number of aromatic nitrogens is 2. The van der Waals surface area contributed by atoms with Crippen molar-refractivity contribution >= 4 is 0 Å². The summed E-state index contributed by atoms with van der Waals surface area (Å²) in [5.41, 5.74) is 4.15. The van der Waals surface area contributed by atoms with Gasteiger partial charge < -0.3 is 15.2 Å². The Balaban J connectivity index is 0.000000425. The van der Waals surface area contributed by atoms with E-state index in [1.807, 2.05) is 31.2 Å². The minimum absolute atomic E-state index is 0. The van der Waals surface area contributed by atoms with Gasteiger partial charge in [0.25, 0.3) is 0 Å². The van der Waals surface area contributed by atoms with E-state index in [9.17, 15) is 4.39 Å². The molecule has 0 saturated heterocycles. The summed E-state index contributed by atoms with van der Waals surface area (Å²) in [7, 11) is 0. The third kappa shape index (κ3) is 7.56. The van der Waals surface area contributed by atoms with Gasteiger partial charge in [-0.3, -0.25) is 4.98 Å². The van der Waals surface area contributed by atoms with Crippen molar-refractivity contribution in [2.45, 2.75) is 39.4 Å². The van der Waals surface area contributed by atoms with Gasteiger partial charge in [-0.05, 0) is 51.5 Å². The zero-order valence-corrected chi connectivity index (χ0v) is 18.5. The summed E-state index contributed by atoms with van der Waals surface area (Å²) in [5.74, 6) is -0.256. The minimum Gasteiger partial charge on any atom is -0.393 e. The van der Waals surface area contributed by atoms with Gasteiger partial charge in [0.2, 0.25) is 0 Å². The molecule has 4 nitrogen and oxygen atoms in total. The summed E-state index contributed by atoms with van der Waals surface area (Å²) in [5, 5.41) is 17.1. The fraction of sp³-hybridized carbons (Fsp3) is 0.273. The smallest absolute Gasteiger partial charge is 0.123 e. The molecule has 2 N–H and O–H groups in total. The number of halogens is 1. The van der Waals surface area contributed by atoms with Gasteiger partial charge in [-0.15, -0.1) is 35.9 Å². The van der Waals surface area contributed by atoms with Crippen molar-refractivity contribution < 1.29 is 34.7 Å². The van der Waals surface area contributed by atoms with Crippen LogP contribution in [0, 0.1) is 18.8 Å². The average Bonchev–Trinajstić information content (AvgIpc) is 2.62. The van der Waals surface area contributed by atoms with Crippen LogP contribution in [0.15, 0.2) is 54.7 Å². The van der Waals surface area contributed by atoms with E-state index in [-0.39, 0.29) is 38.1 Å². The number of nitrogens with zero attached hydrogens (tertiary/aromatic N) is 2. The first-order chi connectivity index (χ1) is 12.9. The van der Waals surface area contributed by atoms with Crippen LogP contribution in [0.1, 0.15) is 26.0 Å². The van der Waals surface area contributed by atoms with Crippen molar-refractivity contribution in [3.05, 3.63) is 72.3 Å². The van der Waals surface area contributed by atoms with Crippen LogP contribution >= 0.6 is 0 Å². The fourth-order valence-electron chi connectivity index (χ4n) is 2.54. The molecular weight excluding hydrogens is 535 g/mol. The van der Waals surface area contributed by atoms with Gasteiger partial charge in [-0.2, -0.15) is 0 Å². The van der Waals surface area contributed by atoms with E-state index in [0.717, 1.165) is 28.2 Å². The van der Waals surface area contributed by atoms with Gasteiger partial charge in [0.15, 0.2) is 0 Å². The summed E-state index contributed by atoms with van der Waals surface area (Å²) in [6.07, 6.45) is 1.43. The van der Waals surface area contributed by atoms with Crippen molar-refractivity contribution in [3.8, 4) is 22.5 Å². The fourth-order valence-corrected chi connectivity index (χ4v) is 2.54. The minimum atomic E-state index is -0.375. The van der Waals surface area contributed by atoms with E-state index in [2.05, 4.69) is 16.0 Å². The summed E-state index contributed by atoms with van der Waals surface area (Å²) < 4.78 is 12.9. The molecule has 1 aromatic heterocycles. The average molecular weight is 560 g/mol. The molecule has 0 aliphatic heterocycles. The summed E-state index contributed by atoms with van der Waals surface area (Å²) >= 11 is 0. The van der Waals surface area contributed by atoms with E-state index in [4.69, 9.17) is 10.2 Å². The number of hydrogen-bond acceptors (Lipinski definition) is 4. The largest absolute Gasteiger partial charge is 0.393 e. The number of aliphatic hydroxyl groups excluding tert-OH is 2. The predicted molar refractivity (Wildman–Crippen MR) is 104 cm³/mol. The molecule has 0 bridgehead atoms. The van der Waals surface area contributed by atoms with Gasteiger partial charge in [0, 0.05) is 43.3 Å². The van der Waals surface area contributed by atoms with E-state index >= 15 is 0 Å². The molecule has 0 aliphatic carbocycles. The van der Waals surface area contributed by atoms with Crippen LogP contribution < -0.4 is 0 Å². The maximum absolute atomic E-state index is 12.9. The Labute approximate surface area is 178 Å².